The van der Waals surface area contributed by atoms with E-state index in [1.165, 1.54) is 42.5 Å². The van der Waals surface area contributed by atoms with E-state index in [0.717, 1.165) is 0 Å². The van der Waals surface area contributed by atoms with E-state index < -0.39 is 34.0 Å². The van der Waals surface area contributed by atoms with Crippen molar-refractivity contribution in [3.8, 4) is 0 Å². The maximum Gasteiger partial charge on any atom is 0.338 e. The van der Waals surface area contributed by atoms with Gasteiger partial charge in [-0.25, -0.2) is 18.0 Å². The average molecular weight is 433 g/mol. The molecule has 9 nitrogen and oxygen atoms in total. The molecule has 0 radical (unpaired) electrons. The van der Waals surface area contributed by atoms with Gasteiger partial charge in [-0.2, -0.15) is 0 Å². The minimum absolute atomic E-state index is 0.00941. The van der Waals surface area contributed by atoms with Crippen LogP contribution in [0.2, 0.25) is 0 Å². The molecule has 10 heteroatoms. The summed E-state index contributed by atoms with van der Waals surface area (Å²) in [5.74, 6) is -1.61. The summed E-state index contributed by atoms with van der Waals surface area (Å²) < 4.78 is 32.2. The van der Waals surface area contributed by atoms with Crippen LogP contribution in [0.25, 0.3) is 0 Å². The van der Waals surface area contributed by atoms with E-state index in [-0.39, 0.29) is 17.0 Å². The molecule has 0 spiro atoms. The summed E-state index contributed by atoms with van der Waals surface area (Å²) in [5, 5.41) is 4.21. The number of rotatable bonds is 7. The number of hydrogen-bond donors (Lipinski definition) is 2. The van der Waals surface area contributed by atoms with Crippen LogP contribution in [0.1, 0.15) is 24.2 Å². The highest BCUT2D eigenvalue weighted by atomic mass is 32.2. The number of sulfonamides is 1. The Bertz CT molecular complexity index is 1010. The number of ether oxygens (including phenoxy) is 1. The third-order valence-electron chi connectivity index (χ3n) is 4.13. The monoisotopic (exact) mass is 433 g/mol. The maximum atomic E-state index is 13.0. The summed E-state index contributed by atoms with van der Waals surface area (Å²) in [7, 11) is -2.49. The molecule has 0 saturated heterocycles. The first-order valence-electron chi connectivity index (χ1n) is 9.12. The second kappa shape index (κ2) is 9.88. The molecule has 2 aromatic rings. The molecule has 2 N–H and O–H groups in total. The summed E-state index contributed by atoms with van der Waals surface area (Å²) in [4.78, 5) is 35.2. The van der Waals surface area contributed by atoms with Crippen molar-refractivity contribution in [2.24, 2.45) is 0 Å². The van der Waals surface area contributed by atoms with Gasteiger partial charge in [0.25, 0.3) is 15.9 Å². The van der Waals surface area contributed by atoms with Crippen molar-refractivity contribution in [3.05, 3.63) is 60.2 Å². The Kier molecular flexibility index (Phi) is 7.54. The number of amides is 3. The van der Waals surface area contributed by atoms with Gasteiger partial charge in [0.2, 0.25) is 0 Å². The van der Waals surface area contributed by atoms with E-state index in [9.17, 15) is 22.8 Å². The largest absolute Gasteiger partial charge is 0.449 e. The summed E-state index contributed by atoms with van der Waals surface area (Å²) in [5.41, 5.74) is 0.593. The predicted molar refractivity (Wildman–Crippen MR) is 111 cm³/mol. The molecule has 0 heterocycles. The van der Waals surface area contributed by atoms with E-state index in [1.807, 2.05) is 5.32 Å². The number of nitrogens with one attached hydrogen (secondary N) is 2. The summed E-state index contributed by atoms with van der Waals surface area (Å²) >= 11 is 0. The third kappa shape index (κ3) is 5.35. The topological polar surface area (TPSA) is 122 Å². The first-order valence-corrected chi connectivity index (χ1v) is 10.6. The molecule has 1 unspecified atom stereocenters. The van der Waals surface area contributed by atoms with Crippen molar-refractivity contribution in [2.45, 2.75) is 24.8 Å². The zero-order chi connectivity index (χ0) is 22.3. The number of urea groups is 1. The van der Waals surface area contributed by atoms with Gasteiger partial charge >= 0.3 is 12.0 Å². The summed E-state index contributed by atoms with van der Waals surface area (Å²) in [6.07, 6.45) is -1.22. The molecule has 0 bridgehead atoms. The predicted octanol–water partition coefficient (Wildman–Crippen LogP) is 1.90. The Labute approximate surface area is 175 Å². The van der Waals surface area contributed by atoms with Crippen LogP contribution in [0.5, 0.6) is 0 Å². The fourth-order valence-corrected chi connectivity index (χ4v) is 4.01. The van der Waals surface area contributed by atoms with Gasteiger partial charge < -0.3 is 10.1 Å². The lowest BCUT2D eigenvalue weighted by atomic mass is 10.2. The lowest BCUT2D eigenvalue weighted by molar-refractivity contribution is -0.127. The lowest BCUT2D eigenvalue weighted by Gasteiger charge is -2.23. The Morgan fingerprint density at radius 1 is 1.03 bits per heavy atom. The van der Waals surface area contributed by atoms with E-state index in [1.54, 1.807) is 37.3 Å². The van der Waals surface area contributed by atoms with E-state index >= 15 is 0 Å². The number of esters is 1. The van der Waals surface area contributed by atoms with Crippen LogP contribution in [0.3, 0.4) is 0 Å². The first-order chi connectivity index (χ1) is 14.2. The first kappa shape index (κ1) is 22.9. The van der Waals surface area contributed by atoms with Gasteiger partial charge in [-0.3, -0.25) is 14.4 Å². The fourth-order valence-electron chi connectivity index (χ4n) is 2.53. The quantitative estimate of drug-likeness (QED) is 0.643. The molecule has 30 heavy (non-hydrogen) atoms. The highest BCUT2D eigenvalue weighted by Gasteiger charge is 2.25. The number of imide groups is 1. The minimum atomic E-state index is -3.83. The number of carbonyl (C=O) groups excluding carboxylic acids is 3. The molecule has 0 aliphatic heterocycles. The van der Waals surface area contributed by atoms with Crippen molar-refractivity contribution in [1.82, 2.24) is 10.6 Å². The van der Waals surface area contributed by atoms with Crippen molar-refractivity contribution >= 4 is 33.6 Å². The van der Waals surface area contributed by atoms with Crippen LogP contribution >= 0.6 is 0 Å². The van der Waals surface area contributed by atoms with Crippen molar-refractivity contribution in [2.75, 3.05) is 17.9 Å². The standard InChI is InChI=1S/C20H23N3O6S/c1-4-23(16-8-6-5-7-9-16)30(27,28)17-12-10-15(11-13-17)19(25)29-14(2)18(24)22-20(26)21-3/h5-14H,4H2,1-3H3,(H2,21,22,24,26). The molecule has 1 atom stereocenters. The van der Waals surface area contributed by atoms with Gasteiger partial charge in [0, 0.05) is 13.6 Å². The Morgan fingerprint density at radius 2 is 1.63 bits per heavy atom. The van der Waals surface area contributed by atoms with Gasteiger partial charge in [0.15, 0.2) is 6.10 Å². The molecule has 0 aliphatic carbocycles. The van der Waals surface area contributed by atoms with Gasteiger partial charge in [-0.05, 0) is 50.2 Å². The molecule has 0 aromatic heterocycles. The highest BCUT2D eigenvalue weighted by Crippen LogP contribution is 2.23. The number of benzene rings is 2. The van der Waals surface area contributed by atoms with Crippen molar-refractivity contribution in [1.29, 1.82) is 0 Å². The minimum Gasteiger partial charge on any atom is -0.449 e. The molecular weight excluding hydrogens is 410 g/mol. The van der Waals surface area contributed by atoms with Gasteiger partial charge in [0.05, 0.1) is 16.1 Å². The third-order valence-corrected chi connectivity index (χ3v) is 6.04. The smallest absolute Gasteiger partial charge is 0.338 e. The van der Waals surface area contributed by atoms with Gasteiger partial charge in [0.1, 0.15) is 0 Å². The number of hydrogen-bond acceptors (Lipinski definition) is 6. The van der Waals surface area contributed by atoms with Crippen LogP contribution in [0.4, 0.5) is 10.5 Å². The van der Waals surface area contributed by atoms with Gasteiger partial charge in [-0.1, -0.05) is 18.2 Å². The number of anilines is 1. The van der Waals surface area contributed by atoms with Gasteiger partial charge in [-0.15, -0.1) is 0 Å². The van der Waals surface area contributed by atoms with Crippen LogP contribution in [-0.2, 0) is 19.6 Å². The van der Waals surface area contributed by atoms with Crippen molar-refractivity contribution in [3.63, 3.8) is 0 Å². The highest BCUT2D eigenvalue weighted by molar-refractivity contribution is 7.92. The van der Waals surface area contributed by atoms with E-state index in [2.05, 4.69) is 5.32 Å². The van der Waals surface area contributed by atoms with E-state index in [0.29, 0.717) is 5.69 Å². The summed E-state index contributed by atoms with van der Waals surface area (Å²) in [6.45, 7) is 3.27. The summed E-state index contributed by atoms with van der Waals surface area (Å²) in [6, 6.07) is 13.1. The average Bonchev–Trinajstić information content (AvgIpc) is 2.74. The zero-order valence-corrected chi connectivity index (χ0v) is 17.6. The number of para-hydroxylation sites is 1. The van der Waals surface area contributed by atoms with Crippen molar-refractivity contribution < 1.29 is 27.5 Å². The van der Waals surface area contributed by atoms with Crippen LogP contribution < -0.4 is 14.9 Å². The molecule has 2 aromatic carbocycles. The van der Waals surface area contributed by atoms with Crippen LogP contribution in [0, 0.1) is 0 Å². The molecule has 0 fully saturated rings. The van der Waals surface area contributed by atoms with Crippen LogP contribution in [-0.4, -0.2) is 46.0 Å². The molecule has 0 saturated carbocycles. The number of nitrogens with zero attached hydrogens (tertiary/aromatic N) is 1. The second-order valence-electron chi connectivity index (χ2n) is 6.15. The Balaban J connectivity index is 2.14. The van der Waals surface area contributed by atoms with Crippen LogP contribution in [0.15, 0.2) is 59.5 Å². The molecule has 0 aliphatic rings. The molecule has 160 valence electrons. The molecule has 3 amide bonds. The van der Waals surface area contributed by atoms with E-state index in [4.69, 9.17) is 4.74 Å². The normalized spacial score (nSPS) is 11.8. The Hall–Kier alpha value is -3.40. The zero-order valence-electron chi connectivity index (χ0n) is 16.8. The number of carbonyl (C=O) groups is 3. The second-order valence-corrected chi connectivity index (χ2v) is 8.01. The SMILES string of the molecule is CCN(c1ccccc1)S(=O)(=O)c1ccc(C(=O)OC(C)C(=O)NC(=O)NC)cc1. The lowest BCUT2D eigenvalue weighted by Crippen LogP contribution is -2.43. The Morgan fingerprint density at radius 3 is 2.17 bits per heavy atom. The molecule has 2 rings (SSSR count). The molecular formula is C20H23N3O6S. The fraction of sp³-hybridized carbons (Fsp3) is 0.250. The maximum absolute atomic E-state index is 13.0.